The van der Waals surface area contributed by atoms with E-state index in [9.17, 15) is 9.59 Å². The molecule has 0 heterocycles. The van der Waals surface area contributed by atoms with Crippen LogP contribution >= 0.6 is 0 Å². The smallest absolute Gasteiger partial charge is 0.251 e. The Morgan fingerprint density at radius 2 is 1.64 bits per heavy atom. The van der Waals surface area contributed by atoms with Crippen molar-refractivity contribution in [3.05, 3.63) is 35.4 Å². The highest BCUT2D eigenvalue weighted by Gasteiger charge is 2.17. The van der Waals surface area contributed by atoms with Crippen LogP contribution < -0.4 is 22.1 Å². The molecule has 0 aliphatic heterocycles. The Bertz CT molecular complexity index is 557. The van der Waals surface area contributed by atoms with Crippen molar-refractivity contribution in [3.63, 3.8) is 0 Å². The minimum atomic E-state index is -0.658. The van der Waals surface area contributed by atoms with E-state index in [-0.39, 0.29) is 18.4 Å². The number of benzene rings is 1. The molecule has 0 saturated carbocycles. The van der Waals surface area contributed by atoms with E-state index in [1.807, 2.05) is 24.3 Å². The predicted molar refractivity (Wildman–Crippen MR) is 100 cm³/mol. The van der Waals surface area contributed by atoms with E-state index in [1.54, 1.807) is 0 Å². The van der Waals surface area contributed by atoms with Crippen molar-refractivity contribution in [1.82, 2.24) is 10.6 Å². The lowest BCUT2D eigenvalue weighted by molar-refractivity contribution is -0.887. The summed E-state index contributed by atoms with van der Waals surface area (Å²) in [6.07, 6.45) is 0.959. The molecule has 6 N–H and O–H groups in total. The molecule has 0 fully saturated rings. The van der Waals surface area contributed by atoms with Crippen molar-refractivity contribution in [2.45, 2.75) is 19.4 Å². The monoisotopic (exact) mass is 350 g/mol. The van der Waals surface area contributed by atoms with Crippen LogP contribution in [0.15, 0.2) is 24.3 Å². The number of rotatable bonds is 10. The Morgan fingerprint density at radius 3 is 2.16 bits per heavy atom. The van der Waals surface area contributed by atoms with Gasteiger partial charge in [-0.3, -0.25) is 9.59 Å². The Balaban J connectivity index is 2.32. The molecule has 2 amide bonds. The van der Waals surface area contributed by atoms with Gasteiger partial charge in [0, 0.05) is 12.1 Å². The number of hydrogen-bond donors (Lipinski definition) is 4. The summed E-state index contributed by atoms with van der Waals surface area (Å²) in [5.74, 6) is -0.295. The van der Waals surface area contributed by atoms with Gasteiger partial charge in [0.25, 0.3) is 5.91 Å². The van der Waals surface area contributed by atoms with Gasteiger partial charge < -0.3 is 26.6 Å². The summed E-state index contributed by atoms with van der Waals surface area (Å²) in [7, 11) is 4.11. The van der Waals surface area contributed by atoms with Crippen LogP contribution in [0.4, 0.5) is 0 Å². The number of hydrogen-bond acceptors (Lipinski definition) is 4. The summed E-state index contributed by atoms with van der Waals surface area (Å²) in [5, 5.41) is 5.72. The van der Waals surface area contributed by atoms with Gasteiger partial charge in [-0.15, -0.1) is 0 Å². The van der Waals surface area contributed by atoms with Gasteiger partial charge in [0.05, 0.1) is 46.3 Å². The molecule has 7 nitrogen and oxygen atoms in total. The number of likely N-dealkylation sites (N-methyl/N-ethyl adjacent to an activating group) is 1. The van der Waals surface area contributed by atoms with Crippen molar-refractivity contribution < 1.29 is 14.1 Å². The van der Waals surface area contributed by atoms with Crippen molar-refractivity contribution >= 4 is 11.8 Å². The normalized spacial score (nSPS) is 12.5. The maximum absolute atomic E-state index is 12.1. The van der Waals surface area contributed by atoms with Crippen molar-refractivity contribution in [2.75, 3.05) is 46.8 Å². The lowest BCUT2D eigenvalue weighted by Crippen LogP contribution is -2.51. The van der Waals surface area contributed by atoms with Gasteiger partial charge in [0.1, 0.15) is 0 Å². The van der Waals surface area contributed by atoms with Crippen LogP contribution in [-0.2, 0) is 11.2 Å². The molecule has 1 unspecified atom stereocenters. The van der Waals surface area contributed by atoms with Crippen molar-refractivity contribution in [2.24, 2.45) is 11.5 Å². The number of quaternary nitrogens is 1. The summed E-state index contributed by atoms with van der Waals surface area (Å²) < 4.78 is 0.674. The maximum atomic E-state index is 12.1. The fraction of sp³-hybridized carbons (Fsp3) is 0.556. The quantitative estimate of drug-likeness (QED) is 0.425. The number of amides is 2. The minimum absolute atomic E-state index is 0.0649. The lowest BCUT2D eigenvalue weighted by atomic mass is 10.1. The second kappa shape index (κ2) is 10.1. The molecule has 7 heteroatoms. The first-order valence-electron chi connectivity index (χ1n) is 8.71. The fourth-order valence-electron chi connectivity index (χ4n) is 2.30. The van der Waals surface area contributed by atoms with Gasteiger partial charge in [-0.1, -0.05) is 19.1 Å². The number of nitrogens with two attached hydrogens (primary N) is 2. The molecule has 1 aromatic carbocycles. The predicted octanol–water partition coefficient (Wildman–Crippen LogP) is -0.543. The van der Waals surface area contributed by atoms with E-state index < -0.39 is 6.04 Å². The first-order valence-corrected chi connectivity index (χ1v) is 8.71. The second-order valence-electron chi connectivity index (χ2n) is 6.82. The third kappa shape index (κ3) is 7.64. The van der Waals surface area contributed by atoms with Crippen molar-refractivity contribution in [3.8, 4) is 0 Å². The highest BCUT2D eigenvalue weighted by Crippen LogP contribution is 2.05. The molecule has 0 aromatic heterocycles. The third-order valence-corrected chi connectivity index (χ3v) is 4.23. The summed E-state index contributed by atoms with van der Waals surface area (Å²) in [4.78, 5) is 23.7. The highest BCUT2D eigenvalue weighted by molar-refractivity contribution is 5.94. The van der Waals surface area contributed by atoms with E-state index in [2.05, 4.69) is 31.7 Å². The largest absolute Gasteiger partial charge is 0.349 e. The molecule has 140 valence electrons. The van der Waals surface area contributed by atoms with Crippen LogP contribution in [0, 0.1) is 0 Å². The topological polar surface area (TPSA) is 110 Å². The summed E-state index contributed by atoms with van der Waals surface area (Å²) in [6, 6.07) is 7.00. The van der Waals surface area contributed by atoms with Crippen LogP contribution in [0.2, 0.25) is 0 Å². The number of carbonyl (C=O) groups is 2. The number of aryl methyl sites for hydroxylation is 1. The van der Waals surface area contributed by atoms with E-state index in [4.69, 9.17) is 11.5 Å². The molecule has 1 aromatic rings. The summed E-state index contributed by atoms with van der Waals surface area (Å²) in [6.45, 7) is 4.81. The number of nitrogens with one attached hydrogen (secondary N) is 2. The molecule has 1 atom stereocenters. The Labute approximate surface area is 150 Å². The van der Waals surface area contributed by atoms with Crippen LogP contribution in [-0.4, -0.2) is 69.2 Å². The van der Waals surface area contributed by atoms with Crippen LogP contribution in [0.3, 0.4) is 0 Å². The standard InChI is InChI=1S/C18H31N5O2/c1-4-14-5-7-15(8-6-14)17(24)21-9-11-23(2,3)12-10-22-18(25)16(20)13-19/h5-8,16H,4,9-13,19-20H2,1-3H3,(H-,21,22,24,25)/p+1. The SMILES string of the molecule is CCc1ccc(C(=O)NCC[N+](C)(C)CCNC(=O)C(N)CN)cc1. The van der Waals surface area contributed by atoms with Gasteiger partial charge in [-0.05, 0) is 24.1 Å². The van der Waals surface area contributed by atoms with Gasteiger partial charge in [-0.2, -0.15) is 0 Å². The van der Waals surface area contributed by atoms with Crippen LogP contribution in [0.1, 0.15) is 22.8 Å². The molecule has 0 aliphatic rings. The summed E-state index contributed by atoms with van der Waals surface area (Å²) in [5.41, 5.74) is 12.8. The maximum Gasteiger partial charge on any atom is 0.251 e. The molecule has 0 bridgehead atoms. The van der Waals surface area contributed by atoms with Gasteiger partial charge in [0.2, 0.25) is 5.91 Å². The van der Waals surface area contributed by atoms with Gasteiger partial charge in [0.15, 0.2) is 0 Å². The van der Waals surface area contributed by atoms with E-state index in [0.29, 0.717) is 23.1 Å². The van der Waals surface area contributed by atoms with E-state index in [0.717, 1.165) is 19.5 Å². The zero-order valence-corrected chi connectivity index (χ0v) is 15.5. The number of nitrogens with zero attached hydrogens (tertiary/aromatic N) is 1. The first-order chi connectivity index (χ1) is 11.8. The zero-order valence-electron chi connectivity index (χ0n) is 15.5. The molecular weight excluding hydrogens is 318 g/mol. The average molecular weight is 350 g/mol. The molecule has 25 heavy (non-hydrogen) atoms. The molecule has 0 spiro atoms. The van der Waals surface area contributed by atoms with Crippen molar-refractivity contribution in [1.29, 1.82) is 0 Å². The molecular formula is C18H32N5O2+. The Hall–Kier alpha value is -1.96. The average Bonchev–Trinajstić information content (AvgIpc) is 2.60. The van der Waals surface area contributed by atoms with E-state index >= 15 is 0 Å². The molecule has 0 aliphatic carbocycles. The minimum Gasteiger partial charge on any atom is -0.349 e. The molecule has 1 rings (SSSR count). The molecule has 0 radical (unpaired) electrons. The van der Waals surface area contributed by atoms with Crippen LogP contribution in [0.5, 0.6) is 0 Å². The van der Waals surface area contributed by atoms with Gasteiger partial charge in [-0.25, -0.2) is 0 Å². The first kappa shape index (κ1) is 21.1. The molecule has 0 saturated heterocycles. The number of carbonyl (C=O) groups excluding carboxylic acids is 2. The summed E-state index contributed by atoms with van der Waals surface area (Å²) >= 11 is 0. The lowest BCUT2D eigenvalue weighted by Gasteiger charge is -2.30. The fourth-order valence-corrected chi connectivity index (χ4v) is 2.30. The second-order valence-corrected chi connectivity index (χ2v) is 6.82. The third-order valence-electron chi connectivity index (χ3n) is 4.23. The zero-order chi connectivity index (χ0) is 18.9. The van der Waals surface area contributed by atoms with Crippen LogP contribution in [0.25, 0.3) is 0 Å². The van der Waals surface area contributed by atoms with E-state index in [1.165, 1.54) is 5.56 Å². The Morgan fingerprint density at radius 1 is 1.08 bits per heavy atom. The Kier molecular flexibility index (Phi) is 8.54. The highest BCUT2D eigenvalue weighted by atomic mass is 16.2. The van der Waals surface area contributed by atoms with Gasteiger partial charge >= 0.3 is 0 Å².